The molecule has 1 amide bonds. The Kier molecular flexibility index (Phi) is 4.99. The minimum Gasteiger partial charge on any atom is -0.395 e. The number of nitrogens with zero attached hydrogens (tertiary/aromatic N) is 2. The fourth-order valence-electron chi connectivity index (χ4n) is 1.73. The van der Waals surface area contributed by atoms with Crippen molar-refractivity contribution in [3.63, 3.8) is 0 Å². The zero-order valence-electron chi connectivity index (χ0n) is 11.4. The number of carbonyl (C=O) groups excluding carboxylic acids is 1. The van der Waals surface area contributed by atoms with Crippen LogP contribution >= 0.6 is 11.6 Å². The summed E-state index contributed by atoms with van der Waals surface area (Å²) >= 11 is 5.96. The van der Waals surface area contributed by atoms with E-state index in [2.05, 4.69) is 22.3 Å². The van der Waals surface area contributed by atoms with Gasteiger partial charge in [-0.2, -0.15) is 5.10 Å². The molecule has 1 aromatic carbocycles. The van der Waals surface area contributed by atoms with E-state index >= 15 is 0 Å². The lowest BCUT2D eigenvalue weighted by Gasteiger charge is -2.08. The van der Waals surface area contributed by atoms with E-state index in [0.717, 1.165) is 0 Å². The van der Waals surface area contributed by atoms with E-state index in [1.807, 2.05) is 0 Å². The van der Waals surface area contributed by atoms with Gasteiger partial charge in [-0.05, 0) is 24.3 Å². The first-order valence-electron chi connectivity index (χ1n) is 6.30. The molecular formula is C15H14ClN3O2. The number of amides is 1. The van der Waals surface area contributed by atoms with E-state index in [-0.39, 0.29) is 12.5 Å². The zero-order chi connectivity index (χ0) is 15.2. The molecule has 0 bridgehead atoms. The van der Waals surface area contributed by atoms with Crippen LogP contribution in [0.1, 0.15) is 22.5 Å². The van der Waals surface area contributed by atoms with E-state index in [9.17, 15) is 4.79 Å². The summed E-state index contributed by atoms with van der Waals surface area (Å²) in [5.74, 6) is 5.43. The molecule has 0 aliphatic rings. The number of hydrogen-bond acceptors (Lipinski definition) is 3. The number of rotatable bonds is 3. The Labute approximate surface area is 127 Å². The maximum atomic E-state index is 12.2. The van der Waals surface area contributed by atoms with Gasteiger partial charge in [0.25, 0.3) is 5.91 Å². The number of nitrogens with one attached hydrogen (secondary N) is 1. The van der Waals surface area contributed by atoms with E-state index < -0.39 is 0 Å². The summed E-state index contributed by atoms with van der Waals surface area (Å²) in [5.41, 5.74) is 1.60. The normalized spacial score (nSPS) is 9.86. The second-order valence-corrected chi connectivity index (χ2v) is 4.70. The highest BCUT2D eigenvalue weighted by Gasteiger charge is 2.12. The van der Waals surface area contributed by atoms with Crippen LogP contribution in [0.25, 0.3) is 0 Å². The van der Waals surface area contributed by atoms with Crippen LogP contribution in [-0.4, -0.2) is 27.4 Å². The maximum Gasteiger partial charge on any atom is 0.273 e. The SMILES string of the molecule is Cn1nccc1C(=O)Nc1cc(Cl)ccc1C#CCCO. The summed E-state index contributed by atoms with van der Waals surface area (Å²) in [5, 5.41) is 16.0. The van der Waals surface area contributed by atoms with Gasteiger partial charge in [0.15, 0.2) is 0 Å². The molecule has 0 spiro atoms. The first kappa shape index (κ1) is 15.1. The topological polar surface area (TPSA) is 67.2 Å². The second-order valence-electron chi connectivity index (χ2n) is 4.26. The molecule has 21 heavy (non-hydrogen) atoms. The summed E-state index contributed by atoms with van der Waals surface area (Å²) in [7, 11) is 1.69. The predicted octanol–water partition coefficient (Wildman–Crippen LogP) is 2.06. The van der Waals surface area contributed by atoms with Gasteiger partial charge in [-0.25, -0.2) is 0 Å². The second kappa shape index (κ2) is 6.93. The lowest BCUT2D eigenvalue weighted by atomic mass is 10.1. The smallest absolute Gasteiger partial charge is 0.273 e. The van der Waals surface area contributed by atoms with Gasteiger partial charge in [0.1, 0.15) is 5.69 Å². The van der Waals surface area contributed by atoms with Gasteiger partial charge in [-0.3, -0.25) is 9.48 Å². The molecule has 108 valence electrons. The number of hydrogen-bond donors (Lipinski definition) is 2. The van der Waals surface area contributed by atoms with E-state index in [1.165, 1.54) is 4.68 Å². The third kappa shape index (κ3) is 3.85. The molecule has 1 heterocycles. The first-order valence-corrected chi connectivity index (χ1v) is 6.68. The lowest BCUT2D eigenvalue weighted by Crippen LogP contribution is -2.16. The molecule has 0 fully saturated rings. The molecule has 0 radical (unpaired) electrons. The van der Waals surface area contributed by atoms with Crippen LogP contribution in [0, 0.1) is 11.8 Å². The number of halogens is 1. The van der Waals surface area contributed by atoms with Crippen molar-refractivity contribution in [3.8, 4) is 11.8 Å². The Morgan fingerprint density at radius 2 is 2.29 bits per heavy atom. The third-order valence-corrected chi connectivity index (χ3v) is 2.98. The lowest BCUT2D eigenvalue weighted by molar-refractivity contribution is 0.101. The molecule has 5 nitrogen and oxygen atoms in total. The van der Waals surface area contributed by atoms with Crippen molar-refractivity contribution in [2.75, 3.05) is 11.9 Å². The summed E-state index contributed by atoms with van der Waals surface area (Å²) in [6, 6.07) is 6.69. The van der Waals surface area contributed by atoms with Crippen LogP contribution < -0.4 is 5.32 Å². The first-order chi connectivity index (χ1) is 10.1. The Bertz CT molecular complexity index is 713. The van der Waals surface area contributed by atoms with Crippen molar-refractivity contribution in [2.45, 2.75) is 6.42 Å². The Balaban J connectivity index is 2.27. The van der Waals surface area contributed by atoms with E-state index in [0.29, 0.717) is 28.4 Å². The average Bonchev–Trinajstić information content (AvgIpc) is 2.88. The van der Waals surface area contributed by atoms with Gasteiger partial charge < -0.3 is 10.4 Å². The van der Waals surface area contributed by atoms with Crippen LogP contribution in [0.5, 0.6) is 0 Å². The van der Waals surface area contributed by atoms with Crippen LogP contribution in [-0.2, 0) is 7.05 Å². The molecule has 2 N–H and O–H groups in total. The summed E-state index contributed by atoms with van der Waals surface area (Å²) in [6.07, 6.45) is 1.92. The fraction of sp³-hybridized carbons (Fsp3) is 0.200. The molecular weight excluding hydrogens is 290 g/mol. The van der Waals surface area contributed by atoms with Crippen LogP contribution in [0.2, 0.25) is 5.02 Å². The van der Waals surface area contributed by atoms with E-state index in [1.54, 1.807) is 37.5 Å². The average molecular weight is 304 g/mol. The van der Waals surface area contributed by atoms with Gasteiger partial charge >= 0.3 is 0 Å². The number of aliphatic hydroxyl groups is 1. The predicted molar refractivity (Wildman–Crippen MR) is 81.2 cm³/mol. The van der Waals surface area contributed by atoms with E-state index in [4.69, 9.17) is 16.7 Å². The van der Waals surface area contributed by atoms with Gasteiger partial charge in [0.2, 0.25) is 0 Å². The standard InChI is InChI=1S/C15H14ClN3O2/c1-19-14(7-8-17-19)15(21)18-13-10-12(16)6-5-11(13)4-2-3-9-20/h5-8,10,20H,3,9H2,1H3,(H,18,21). The monoisotopic (exact) mass is 303 g/mol. The highest BCUT2D eigenvalue weighted by molar-refractivity contribution is 6.31. The largest absolute Gasteiger partial charge is 0.395 e. The Morgan fingerprint density at radius 1 is 1.48 bits per heavy atom. The number of aromatic nitrogens is 2. The Hall–Kier alpha value is -2.29. The van der Waals surface area contributed by atoms with Crippen LogP contribution in [0.4, 0.5) is 5.69 Å². The highest BCUT2D eigenvalue weighted by Crippen LogP contribution is 2.21. The molecule has 6 heteroatoms. The van der Waals surface area contributed by atoms with Crippen molar-refractivity contribution < 1.29 is 9.90 Å². The van der Waals surface area contributed by atoms with Gasteiger partial charge in [-0.1, -0.05) is 23.4 Å². The number of anilines is 1. The minimum atomic E-state index is -0.289. The van der Waals surface area contributed by atoms with Gasteiger partial charge in [0.05, 0.1) is 12.3 Å². The minimum absolute atomic E-state index is 0.00268. The summed E-state index contributed by atoms with van der Waals surface area (Å²) < 4.78 is 1.48. The number of aliphatic hydroxyl groups excluding tert-OH is 1. The van der Waals surface area contributed by atoms with Crippen molar-refractivity contribution in [1.29, 1.82) is 0 Å². The Morgan fingerprint density at radius 3 is 2.95 bits per heavy atom. The zero-order valence-corrected chi connectivity index (χ0v) is 12.2. The number of carbonyl (C=O) groups is 1. The third-order valence-electron chi connectivity index (χ3n) is 2.74. The van der Waals surface area contributed by atoms with Gasteiger partial charge in [0, 0.05) is 30.3 Å². The number of benzene rings is 1. The molecule has 0 saturated carbocycles. The van der Waals surface area contributed by atoms with Crippen LogP contribution in [0.3, 0.4) is 0 Å². The molecule has 0 unspecified atom stereocenters. The molecule has 2 aromatic rings. The summed E-state index contributed by atoms with van der Waals surface area (Å²) in [4.78, 5) is 12.2. The van der Waals surface area contributed by atoms with Crippen molar-refractivity contribution in [1.82, 2.24) is 9.78 Å². The highest BCUT2D eigenvalue weighted by atomic mass is 35.5. The maximum absolute atomic E-state index is 12.2. The van der Waals surface area contributed by atoms with Crippen molar-refractivity contribution in [2.24, 2.45) is 7.05 Å². The van der Waals surface area contributed by atoms with Crippen LogP contribution in [0.15, 0.2) is 30.5 Å². The molecule has 0 aliphatic carbocycles. The quantitative estimate of drug-likeness (QED) is 0.853. The summed E-state index contributed by atoms with van der Waals surface area (Å²) in [6.45, 7) is -0.00268. The molecule has 2 rings (SSSR count). The van der Waals surface area contributed by atoms with Gasteiger partial charge in [-0.15, -0.1) is 0 Å². The number of aryl methyl sites for hydroxylation is 1. The van der Waals surface area contributed by atoms with Crippen molar-refractivity contribution >= 4 is 23.2 Å². The molecule has 1 aromatic heterocycles. The molecule has 0 saturated heterocycles. The van der Waals surface area contributed by atoms with Crippen molar-refractivity contribution in [3.05, 3.63) is 46.7 Å². The molecule has 0 atom stereocenters. The molecule has 0 aliphatic heterocycles. The fourth-order valence-corrected chi connectivity index (χ4v) is 1.90.